The van der Waals surface area contributed by atoms with Crippen LogP contribution >= 0.6 is 11.3 Å². The van der Waals surface area contributed by atoms with E-state index in [-0.39, 0.29) is 12.1 Å². The van der Waals surface area contributed by atoms with E-state index < -0.39 is 5.60 Å². The summed E-state index contributed by atoms with van der Waals surface area (Å²) >= 11 is 1.67. The first-order valence-electron chi connectivity index (χ1n) is 6.71. The number of nitrogens with one attached hydrogen (secondary N) is 1. The SMILES string of the molecule is CC(C)(C)OC(=O)N1CCCC1CNc1ccsc1. The number of likely N-dealkylation sites (tertiary alicyclic amines) is 1. The molecule has 2 rings (SSSR count). The molecule has 106 valence electrons. The van der Waals surface area contributed by atoms with Gasteiger partial charge in [-0.15, -0.1) is 0 Å². The van der Waals surface area contributed by atoms with Crippen LogP contribution in [-0.2, 0) is 4.74 Å². The second kappa shape index (κ2) is 5.82. The second-order valence-electron chi connectivity index (χ2n) is 5.86. The summed E-state index contributed by atoms with van der Waals surface area (Å²) in [5, 5.41) is 7.50. The Morgan fingerprint density at radius 1 is 1.58 bits per heavy atom. The van der Waals surface area contributed by atoms with Crippen LogP contribution in [0.2, 0.25) is 0 Å². The molecule has 1 aromatic heterocycles. The fraction of sp³-hybridized carbons (Fsp3) is 0.643. The molecule has 2 heterocycles. The van der Waals surface area contributed by atoms with Crippen molar-refractivity contribution in [1.82, 2.24) is 4.90 Å². The molecule has 19 heavy (non-hydrogen) atoms. The average molecular weight is 282 g/mol. The quantitative estimate of drug-likeness (QED) is 0.921. The molecule has 1 fully saturated rings. The molecule has 1 aliphatic heterocycles. The van der Waals surface area contributed by atoms with Gasteiger partial charge in [0.25, 0.3) is 0 Å². The first-order valence-corrected chi connectivity index (χ1v) is 7.66. The number of carbonyl (C=O) groups is 1. The van der Waals surface area contributed by atoms with E-state index in [0.29, 0.717) is 0 Å². The Kier molecular flexibility index (Phi) is 4.34. The summed E-state index contributed by atoms with van der Waals surface area (Å²) in [7, 11) is 0. The normalized spacial score (nSPS) is 19.5. The zero-order valence-electron chi connectivity index (χ0n) is 11.8. The van der Waals surface area contributed by atoms with Crippen LogP contribution in [0, 0.1) is 0 Å². The van der Waals surface area contributed by atoms with Crippen molar-refractivity contribution in [2.24, 2.45) is 0 Å². The lowest BCUT2D eigenvalue weighted by molar-refractivity contribution is 0.0235. The van der Waals surface area contributed by atoms with Crippen molar-refractivity contribution in [3.05, 3.63) is 16.8 Å². The molecule has 5 heteroatoms. The molecule has 1 saturated heterocycles. The van der Waals surface area contributed by atoms with Crippen molar-refractivity contribution >= 4 is 23.1 Å². The Morgan fingerprint density at radius 3 is 3.00 bits per heavy atom. The first kappa shape index (κ1) is 14.2. The van der Waals surface area contributed by atoms with Crippen LogP contribution in [0.15, 0.2) is 16.8 Å². The van der Waals surface area contributed by atoms with Gasteiger partial charge in [0.1, 0.15) is 5.60 Å². The van der Waals surface area contributed by atoms with Gasteiger partial charge in [-0.3, -0.25) is 0 Å². The monoisotopic (exact) mass is 282 g/mol. The maximum absolute atomic E-state index is 12.1. The van der Waals surface area contributed by atoms with Crippen LogP contribution in [0.5, 0.6) is 0 Å². The molecule has 0 aromatic carbocycles. The van der Waals surface area contributed by atoms with E-state index in [2.05, 4.69) is 16.8 Å². The van der Waals surface area contributed by atoms with E-state index >= 15 is 0 Å². The Labute approximate surface area is 118 Å². The molecule has 1 amide bonds. The van der Waals surface area contributed by atoms with Gasteiger partial charge >= 0.3 is 6.09 Å². The lowest BCUT2D eigenvalue weighted by Gasteiger charge is -2.28. The van der Waals surface area contributed by atoms with E-state index in [0.717, 1.165) is 31.6 Å². The highest BCUT2D eigenvalue weighted by Gasteiger charge is 2.31. The van der Waals surface area contributed by atoms with Crippen molar-refractivity contribution in [1.29, 1.82) is 0 Å². The molecule has 1 atom stereocenters. The molecule has 1 unspecified atom stereocenters. The summed E-state index contributed by atoms with van der Waals surface area (Å²) in [6, 6.07) is 2.28. The summed E-state index contributed by atoms with van der Waals surface area (Å²) in [4.78, 5) is 14.0. The topological polar surface area (TPSA) is 41.6 Å². The lowest BCUT2D eigenvalue weighted by atomic mass is 10.2. The molecule has 0 saturated carbocycles. The molecule has 1 aliphatic rings. The minimum atomic E-state index is -0.426. The number of amides is 1. The largest absolute Gasteiger partial charge is 0.444 e. The Balaban J connectivity index is 1.87. The number of rotatable bonds is 3. The van der Waals surface area contributed by atoms with Gasteiger partial charge in [-0.25, -0.2) is 4.79 Å². The first-order chi connectivity index (χ1) is 8.96. The van der Waals surface area contributed by atoms with Crippen LogP contribution in [0.3, 0.4) is 0 Å². The van der Waals surface area contributed by atoms with Gasteiger partial charge in [0.2, 0.25) is 0 Å². The van der Waals surface area contributed by atoms with E-state index in [9.17, 15) is 4.79 Å². The van der Waals surface area contributed by atoms with Gasteiger partial charge in [-0.1, -0.05) is 0 Å². The molecule has 0 aliphatic carbocycles. The van der Waals surface area contributed by atoms with Crippen LogP contribution in [0.25, 0.3) is 0 Å². The predicted octanol–water partition coefficient (Wildman–Crippen LogP) is 3.56. The highest BCUT2D eigenvalue weighted by atomic mass is 32.1. The third-order valence-corrected chi connectivity index (χ3v) is 3.75. The highest BCUT2D eigenvalue weighted by molar-refractivity contribution is 7.08. The molecule has 1 aromatic rings. The molecule has 0 radical (unpaired) electrons. The van der Waals surface area contributed by atoms with Gasteiger partial charge in [0, 0.05) is 24.2 Å². The van der Waals surface area contributed by atoms with Crippen LogP contribution in [-0.4, -0.2) is 35.7 Å². The number of carbonyl (C=O) groups excluding carboxylic acids is 1. The zero-order valence-corrected chi connectivity index (χ0v) is 12.6. The highest BCUT2D eigenvalue weighted by Crippen LogP contribution is 2.21. The Morgan fingerprint density at radius 2 is 2.37 bits per heavy atom. The predicted molar refractivity (Wildman–Crippen MR) is 78.8 cm³/mol. The second-order valence-corrected chi connectivity index (χ2v) is 6.64. The molecule has 0 bridgehead atoms. The average Bonchev–Trinajstić information content (AvgIpc) is 2.95. The number of hydrogen-bond donors (Lipinski definition) is 1. The van der Waals surface area contributed by atoms with Gasteiger partial charge in [-0.05, 0) is 45.1 Å². The van der Waals surface area contributed by atoms with E-state index in [4.69, 9.17) is 4.74 Å². The fourth-order valence-corrected chi connectivity index (χ4v) is 2.82. The Hall–Kier alpha value is -1.23. The van der Waals surface area contributed by atoms with Crippen LogP contribution in [0.4, 0.5) is 10.5 Å². The zero-order chi connectivity index (χ0) is 13.9. The van der Waals surface area contributed by atoms with E-state index in [1.54, 1.807) is 11.3 Å². The van der Waals surface area contributed by atoms with Gasteiger partial charge in [0.15, 0.2) is 0 Å². The number of ether oxygens (including phenoxy) is 1. The molecule has 4 nitrogen and oxygen atoms in total. The molecular formula is C14H22N2O2S. The number of thiophene rings is 1. The van der Waals surface area contributed by atoms with Crippen molar-refractivity contribution < 1.29 is 9.53 Å². The molecular weight excluding hydrogens is 260 g/mol. The van der Waals surface area contributed by atoms with Crippen molar-refractivity contribution in [3.8, 4) is 0 Å². The van der Waals surface area contributed by atoms with Gasteiger partial charge in [0.05, 0.1) is 6.04 Å². The standard InChI is InChI=1S/C14H22N2O2S/c1-14(2,3)18-13(17)16-7-4-5-12(16)9-15-11-6-8-19-10-11/h6,8,10,12,15H,4-5,7,9H2,1-3H3. The maximum atomic E-state index is 12.1. The third-order valence-electron chi connectivity index (χ3n) is 3.07. The Bertz CT molecular complexity index is 412. The van der Waals surface area contributed by atoms with Crippen molar-refractivity contribution in [2.45, 2.75) is 45.3 Å². The molecule has 0 spiro atoms. The third kappa shape index (κ3) is 4.13. The summed E-state index contributed by atoms with van der Waals surface area (Å²) in [6.45, 7) is 7.29. The summed E-state index contributed by atoms with van der Waals surface area (Å²) in [5.74, 6) is 0. The smallest absolute Gasteiger partial charge is 0.410 e. The maximum Gasteiger partial charge on any atom is 0.410 e. The number of hydrogen-bond acceptors (Lipinski definition) is 4. The van der Waals surface area contributed by atoms with Crippen molar-refractivity contribution in [3.63, 3.8) is 0 Å². The van der Waals surface area contributed by atoms with Crippen LogP contribution < -0.4 is 5.32 Å². The van der Waals surface area contributed by atoms with Gasteiger partial charge < -0.3 is 15.0 Å². The van der Waals surface area contributed by atoms with E-state index in [1.165, 1.54) is 0 Å². The van der Waals surface area contributed by atoms with Crippen LogP contribution in [0.1, 0.15) is 33.6 Å². The summed E-state index contributed by atoms with van der Waals surface area (Å²) < 4.78 is 5.45. The lowest BCUT2D eigenvalue weighted by Crippen LogP contribution is -2.42. The van der Waals surface area contributed by atoms with Crippen molar-refractivity contribution in [2.75, 3.05) is 18.4 Å². The summed E-state index contributed by atoms with van der Waals surface area (Å²) in [6.07, 6.45) is 1.90. The number of nitrogens with zero attached hydrogens (tertiary/aromatic N) is 1. The molecule has 1 N–H and O–H groups in total. The minimum Gasteiger partial charge on any atom is -0.444 e. The van der Waals surface area contributed by atoms with E-state index in [1.807, 2.05) is 31.1 Å². The number of anilines is 1. The van der Waals surface area contributed by atoms with Gasteiger partial charge in [-0.2, -0.15) is 11.3 Å². The summed E-state index contributed by atoms with van der Waals surface area (Å²) in [5.41, 5.74) is 0.700. The minimum absolute atomic E-state index is 0.192. The fourth-order valence-electron chi connectivity index (χ4n) is 2.21.